The maximum absolute atomic E-state index is 12.6. The highest BCUT2D eigenvalue weighted by Crippen LogP contribution is 2.25. The molecule has 0 fully saturated rings. The van der Waals surface area contributed by atoms with Crippen molar-refractivity contribution in [3.8, 4) is 0 Å². The van der Waals surface area contributed by atoms with Crippen LogP contribution in [-0.4, -0.2) is 28.5 Å². The van der Waals surface area contributed by atoms with E-state index in [1.54, 1.807) is 0 Å². The van der Waals surface area contributed by atoms with Gasteiger partial charge in [0.15, 0.2) is 0 Å². The maximum Gasteiger partial charge on any atom is 0.227 e. The second-order valence-corrected chi connectivity index (χ2v) is 5.70. The van der Waals surface area contributed by atoms with Crippen LogP contribution in [0.15, 0.2) is 24.3 Å². The minimum Gasteiger partial charge on any atom is -0.348 e. The van der Waals surface area contributed by atoms with E-state index in [1.807, 2.05) is 17.0 Å². The molecular weight excluding hydrogens is 260 g/mol. The molecule has 0 atom stereocenters. The van der Waals surface area contributed by atoms with E-state index in [2.05, 4.69) is 44.5 Å². The fraction of sp³-hybridized carbons (Fsp3) is 0.500. The van der Waals surface area contributed by atoms with Gasteiger partial charge in [0.05, 0.1) is 6.42 Å². The Morgan fingerprint density at radius 2 is 1.76 bits per heavy atom. The third-order valence-corrected chi connectivity index (χ3v) is 4.20. The first-order valence-electron chi connectivity index (χ1n) is 7.90. The van der Waals surface area contributed by atoms with E-state index in [1.165, 1.54) is 22.2 Å². The first-order chi connectivity index (χ1) is 10.1. The molecule has 114 valence electrons. The van der Waals surface area contributed by atoms with Crippen LogP contribution in [0.1, 0.15) is 37.9 Å². The minimum atomic E-state index is 0.248. The van der Waals surface area contributed by atoms with Gasteiger partial charge in [-0.15, -0.1) is 0 Å². The lowest BCUT2D eigenvalue weighted by Gasteiger charge is -2.21. The molecule has 1 heterocycles. The van der Waals surface area contributed by atoms with E-state index in [-0.39, 0.29) is 5.91 Å². The van der Waals surface area contributed by atoms with Gasteiger partial charge in [0.25, 0.3) is 0 Å². The Kier molecular flexibility index (Phi) is 5.05. The number of benzene rings is 1. The summed E-state index contributed by atoms with van der Waals surface area (Å²) in [5, 5.41) is 1.21. The number of amides is 1. The number of nitrogens with zero attached hydrogens (tertiary/aromatic N) is 2. The number of fused-ring (bicyclic) bond motifs is 1. The van der Waals surface area contributed by atoms with Gasteiger partial charge in [-0.25, -0.2) is 0 Å². The summed E-state index contributed by atoms with van der Waals surface area (Å²) in [5.74, 6) is 0.248. The molecule has 3 nitrogen and oxygen atoms in total. The molecule has 3 heteroatoms. The molecule has 0 spiro atoms. The van der Waals surface area contributed by atoms with Crippen molar-refractivity contribution in [1.82, 2.24) is 9.47 Å². The van der Waals surface area contributed by atoms with Gasteiger partial charge < -0.3 is 9.47 Å². The van der Waals surface area contributed by atoms with Crippen molar-refractivity contribution in [3.63, 3.8) is 0 Å². The number of carbonyl (C=O) groups excluding carboxylic acids is 1. The Bertz CT molecular complexity index is 621. The zero-order chi connectivity index (χ0) is 15.4. The number of hydrogen-bond acceptors (Lipinski definition) is 1. The van der Waals surface area contributed by atoms with E-state index >= 15 is 0 Å². The second-order valence-electron chi connectivity index (χ2n) is 5.70. The third-order valence-electron chi connectivity index (χ3n) is 4.20. The fourth-order valence-corrected chi connectivity index (χ4v) is 2.99. The molecule has 1 amide bonds. The molecule has 2 aromatic rings. The van der Waals surface area contributed by atoms with Crippen LogP contribution in [0.25, 0.3) is 10.9 Å². The first kappa shape index (κ1) is 15.6. The van der Waals surface area contributed by atoms with Gasteiger partial charge in [-0.1, -0.05) is 32.0 Å². The van der Waals surface area contributed by atoms with Crippen LogP contribution in [0.4, 0.5) is 0 Å². The van der Waals surface area contributed by atoms with Crippen molar-refractivity contribution in [2.45, 2.75) is 40.0 Å². The summed E-state index contributed by atoms with van der Waals surface area (Å²) < 4.78 is 2.18. The van der Waals surface area contributed by atoms with Crippen molar-refractivity contribution in [1.29, 1.82) is 0 Å². The van der Waals surface area contributed by atoms with Gasteiger partial charge in [-0.3, -0.25) is 4.79 Å². The third kappa shape index (κ3) is 3.12. The van der Waals surface area contributed by atoms with E-state index < -0.39 is 0 Å². The fourth-order valence-electron chi connectivity index (χ4n) is 2.99. The number of carbonyl (C=O) groups is 1. The summed E-state index contributed by atoms with van der Waals surface area (Å²) in [6.07, 6.45) is 2.54. The largest absolute Gasteiger partial charge is 0.348 e. The van der Waals surface area contributed by atoms with Crippen molar-refractivity contribution < 1.29 is 4.79 Å². The predicted molar refractivity (Wildman–Crippen MR) is 88.5 cm³/mol. The average Bonchev–Trinajstić information content (AvgIpc) is 2.72. The summed E-state index contributed by atoms with van der Waals surface area (Å²) in [5.41, 5.74) is 3.57. The molecule has 0 saturated heterocycles. The van der Waals surface area contributed by atoms with Crippen LogP contribution in [-0.2, 0) is 18.3 Å². The Labute approximate surface area is 127 Å². The Morgan fingerprint density at radius 1 is 1.14 bits per heavy atom. The first-order valence-corrected chi connectivity index (χ1v) is 7.90. The lowest BCUT2D eigenvalue weighted by atomic mass is 10.1. The number of aryl methyl sites for hydroxylation is 1. The normalized spacial score (nSPS) is 11.0. The molecule has 0 bridgehead atoms. The highest BCUT2D eigenvalue weighted by Gasteiger charge is 2.18. The maximum atomic E-state index is 12.6. The minimum absolute atomic E-state index is 0.248. The van der Waals surface area contributed by atoms with Gasteiger partial charge in [-0.2, -0.15) is 0 Å². The molecule has 0 aliphatic rings. The van der Waals surface area contributed by atoms with Crippen LogP contribution in [0, 0.1) is 6.92 Å². The lowest BCUT2D eigenvalue weighted by molar-refractivity contribution is -0.130. The van der Waals surface area contributed by atoms with Gasteiger partial charge in [0, 0.05) is 36.7 Å². The predicted octanol–water partition coefficient (Wildman–Crippen LogP) is 3.68. The summed E-state index contributed by atoms with van der Waals surface area (Å²) in [4.78, 5) is 14.6. The molecule has 0 radical (unpaired) electrons. The van der Waals surface area contributed by atoms with Crippen molar-refractivity contribution in [3.05, 3.63) is 35.5 Å². The smallest absolute Gasteiger partial charge is 0.227 e. The Hall–Kier alpha value is -1.77. The van der Waals surface area contributed by atoms with Crippen LogP contribution in [0.2, 0.25) is 0 Å². The zero-order valence-electron chi connectivity index (χ0n) is 13.6. The van der Waals surface area contributed by atoms with Crippen LogP contribution < -0.4 is 0 Å². The summed E-state index contributed by atoms with van der Waals surface area (Å²) in [6.45, 7) is 8.07. The summed E-state index contributed by atoms with van der Waals surface area (Å²) >= 11 is 0. The SMILES string of the molecule is CCCN(CCC)C(=O)Cc1c(C)n(C)c2ccccc12. The monoisotopic (exact) mass is 286 g/mol. The van der Waals surface area contributed by atoms with Gasteiger partial charge in [0.1, 0.15) is 0 Å². The number of rotatable bonds is 6. The summed E-state index contributed by atoms with van der Waals surface area (Å²) in [6, 6.07) is 8.33. The molecular formula is C18H26N2O. The van der Waals surface area contributed by atoms with Gasteiger partial charge >= 0.3 is 0 Å². The topological polar surface area (TPSA) is 25.2 Å². The highest BCUT2D eigenvalue weighted by atomic mass is 16.2. The van der Waals surface area contributed by atoms with Gasteiger partial charge in [-0.05, 0) is 31.4 Å². The molecule has 1 aromatic carbocycles. The van der Waals surface area contributed by atoms with Gasteiger partial charge in [0.2, 0.25) is 5.91 Å². The number of aromatic nitrogens is 1. The quantitative estimate of drug-likeness (QED) is 0.795. The average molecular weight is 286 g/mol. The number of hydrogen-bond donors (Lipinski definition) is 0. The summed E-state index contributed by atoms with van der Waals surface area (Å²) in [7, 11) is 2.07. The number of para-hydroxylation sites is 1. The van der Waals surface area contributed by atoms with Crippen LogP contribution >= 0.6 is 0 Å². The Balaban J connectivity index is 2.30. The molecule has 0 N–H and O–H groups in total. The zero-order valence-corrected chi connectivity index (χ0v) is 13.6. The van der Waals surface area contributed by atoms with Crippen molar-refractivity contribution in [2.24, 2.45) is 7.05 Å². The van der Waals surface area contributed by atoms with E-state index in [4.69, 9.17) is 0 Å². The van der Waals surface area contributed by atoms with E-state index in [0.29, 0.717) is 6.42 Å². The Morgan fingerprint density at radius 3 is 2.38 bits per heavy atom. The molecule has 1 aromatic heterocycles. The second kappa shape index (κ2) is 6.79. The molecule has 0 unspecified atom stereocenters. The molecule has 0 aliphatic heterocycles. The van der Waals surface area contributed by atoms with Crippen molar-refractivity contribution >= 4 is 16.8 Å². The van der Waals surface area contributed by atoms with Crippen molar-refractivity contribution in [2.75, 3.05) is 13.1 Å². The molecule has 0 saturated carbocycles. The van der Waals surface area contributed by atoms with Crippen LogP contribution in [0.5, 0.6) is 0 Å². The standard InChI is InChI=1S/C18H26N2O/c1-5-11-20(12-6-2)18(21)13-16-14(3)19(4)17-10-8-7-9-15(16)17/h7-10H,5-6,11-13H2,1-4H3. The molecule has 0 aliphatic carbocycles. The molecule has 21 heavy (non-hydrogen) atoms. The highest BCUT2D eigenvalue weighted by molar-refractivity contribution is 5.90. The van der Waals surface area contributed by atoms with E-state index in [9.17, 15) is 4.79 Å². The van der Waals surface area contributed by atoms with Crippen LogP contribution in [0.3, 0.4) is 0 Å². The van der Waals surface area contributed by atoms with E-state index in [0.717, 1.165) is 25.9 Å². The lowest BCUT2D eigenvalue weighted by Crippen LogP contribution is -2.33. The molecule has 2 rings (SSSR count).